The fourth-order valence-corrected chi connectivity index (χ4v) is 11.7. The molecule has 5 aliphatic carbocycles. The Morgan fingerprint density at radius 3 is 1.98 bits per heavy atom. The van der Waals surface area contributed by atoms with Gasteiger partial charge >= 0.3 is 23.9 Å². The molecule has 45 heavy (non-hydrogen) atoms. The molecule has 0 heterocycles. The molecule has 5 aliphatic rings. The Kier molecular flexibility index (Phi) is 8.15. The van der Waals surface area contributed by atoms with Gasteiger partial charge in [0.05, 0.1) is 25.7 Å². The van der Waals surface area contributed by atoms with Crippen molar-refractivity contribution in [2.24, 2.45) is 50.2 Å². The minimum atomic E-state index is -1.24. The fraction of sp³-hybridized carbons (Fsp3) is 0.833. The van der Waals surface area contributed by atoms with Crippen LogP contribution in [0.5, 0.6) is 0 Å². The van der Waals surface area contributed by atoms with Crippen LogP contribution >= 0.6 is 0 Å². The second-order valence-corrected chi connectivity index (χ2v) is 16.5. The second kappa shape index (κ2) is 10.8. The van der Waals surface area contributed by atoms with Crippen molar-refractivity contribution < 1.29 is 43.2 Å². The Balaban J connectivity index is 1.66. The number of fused-ring (bicyclic) bond motifs is 7. The molecule has 11 unspecified atom stereocenters. The Bertz CT molecular complexity index is 1300. The van der Waals surface area contributed by atoms with Crippen LogP contribution in [0.2, 0.25) is 0 Å². The van der Waals surface area contributed by atoms with Gasteiger partial charge < -0.3 is 24.1 Å². The smallest absolute Gasteiger partial charge is 0.315 e. The predicted octanol–water partition coefficient (Wildman–Crippen LogP) is 5.56. The molecule has 0 aromatic rings. The zero-order valence-corrected chi connectivity index (χ0v) is 28.9. The lowest BCUT2D eigenvalue weighted by Gasteiger charge is -2.71. The number of carbonyl (C=O) groups is 4. The van der Waals surface area contributed by atoms with E-state index in [0.29, 0.717) is 32.1 Å². The third-order valence-electron chi connectivity index (χ3n) is 14.2. The van der Waals surface area contributed by atoms with Crippen molar-refractivity contribution >= 4 is 23.9 Å². The number of aliphatic hydroxyl groups is 1. The van der Waals surface area contributed by atoms with Crippen molar-refractivity contribution in [2.45, 2.75) is 125 Å². The molecule has 0 saturated heterocycles. The van der Waals surface area contributed by atoms with Gasteiger partial charge in [0.1, 0.15) is 11.5 Å². The Morgan fingerprint density at radius 2 is 1.40 bits per heavy atom. The highest BCUT2D eigenvalue weighted by Gasteiger charge is 2.74. The molecule has 4 fully saturated rings. The number of aliphatic hydroxyl groups excluding tert-OH is 1. The van der Waals surface area contributed by atoms with Crippen molar-refractivity contribution in [2.75, 3.05) is 14.2 Å². The Hall–Kier alpha value is -2.42. The molecule has 1 N–H and O–H groups in total. The lowest BCUT2D eigenvalue weighted by molar-refractivity contribution is -0.252. The quantitative estimate of drug-likeness (QED) is 0.241. The van der Waals surface area contributed by atoms with E-state index in [1.54, 1.807) is 0 Å². The van der Waals surface area contributed by atoms with Gasteiger partial charge in [0.2, 0.25) is 0 Å². The first-order chi connectivity index (χ1) is 20.8. The summed E-state index contributed by atoms with van der Waals surface area (Å²) in [7, 11) is 2.80. The van der Waals surface area contributed by atoms with Crippen LogP contribution in [-0.4, -0.2) is 61.5 Å². The number of hydrogen-bond donors (Lipinski definition) is 1. The molecule has 0 spiro atoms. The molecule has 0 aromatic heterocycles. The number of rotatable bonds is 4. The van der Waals surface area contributed by atoms with Gasteiger partial charge in [-0.1, -0.05) is 46.3 Å². The van der Waals surface area contributed by atoms with Crippen molar-refractivity contribution in [3.8, 4) is 0 Å². The molecular formula is C36H54O9. The van der Waals surface area contributed by atoms with Crippen LogP contribution < -0.4 is 0 Å². The highest BCUT2D eigenvalue weighted by Crippen LogP contribution is 2.76. The number of esters is 4. The maximum Gasteiger partial charge on any atom is 0.315 e. The molecule has 9 heteroatoms. The van der Waals surface area contributed by atoms with Crippen LogP contribution in [0.15, 0.2) is 11.6 Å². The van der Waals surface area contributed by atoms with Gasteiger partial charge in [-0.3, -0.25) is 19.2 Å². The lowest BCUT2D eigenvalue weighted by Crippen LogP contribution is -2.70. The van der Waals surface area contributed by atoms with Crippen molar-refractivity contribution in [1.82, 2.24) is 0 Å². The first-order valence-corrected chi connectivity index (χ1v) is 16.7. The predicted molar refractivity (Wildman–Crippen MR) is 165 cm³/mol. The van der Waals surface area contributed by atoms with E-state index in [0.717, 1.165) is 19.3 Å². The number of carbonyl (C=O) groups excluding carboxylic acids is 4. The number of methoxy groups -OCH3 is 2. The van der Waals surface area contributed by atoms with E-state index in [1.165, 1.54) is 33.6 Å². The highest BCUT2D eigenvalue weighted by atomic mass is 16.6. The third-order valence-corrected chi connectivity index (χ3v) is 14.2. The molecule has 0 aliphatic heterocycles. The summed E-state index contributed by atoms with van der Waals surface area (Å²) in [5, 5.41) is 12.0. The van der Waals surface area contributed by atoms with E-state index in [2.05, 4.69) is 40.7 Å². The zero-order chi connectivity index (χ0) is 33.5. The summed E-state index contributed by atoms with van der Waals surface area (Å²) in [6.07, 6.45) is 5.26. The summed E-state index contributed by atoms with van der Waals surface area (Å²) >= 11 is 0. The SMILES string of the molecule is COC(=O)C12CCC(C)(C)C(O)C1C1=CCC3C4(C)CC(OC(C)=O)C(OC(C)=O)C(C)(C(=O)OC)C4CCC3(C)C1(C)CC2. The van der Waals surface area contributed by atoms with E-state index >= 15 is 0 Å². The lowest BCUT2D eigenvalue weighted by atomic mass is 9.33. The Labute approximate surface area is 268 Å². The summed E-state index contributed by atoms with van der Waals surface area (Å²) in [6, 6.07) is 0. The standard InChI is InChI=1S/C36H54O9/c1-20(37)44-23-19-32(5)24-12-11-22-26-27(39)31(3,4)15-17-36(26,30(41)43-10)18-16-33(22,6)34(24,7)14-13-25(32)35(8,29(40)42-9)28(23)45-21(2)38/h11,23-28,39H,12-19H2,1-10H3. The van der Waals surface area contributed by atoms with E-state index in [-0.39, 0.29) is 40.0 Å². The van der Waals surface area contributed by atoms with Crippen LogP contribution in [0, 0.1) is 50.2 Å². The van der Waals surface area contributed by atoms with E-state index in [9.17, 15) is 24.3 Å². The molecule has 5 rings (SSSR count). The van der Waals surface area contributed by atoms with Crippen molar-refractivity contribution in [1.29, 1.82) is 0 Å². The third kappa shape index (κ3) is 4.48. The van der Waals surface area contributed by atoms with Gasteiger partial charge in [0.15, 0.2) is 6.10 Å². The number of hydrogen-bond acceptors (Lipinski definition) is 9. The topological polar surface area (TPSA) is 125 Å². The van der Waals surface area contributed by atoms with Crippen LogP contribution in [0.1, 0.15) is 107 Å². The molecule has 252 valence electrons. The van der Waals surface area contributed by atoms with Crippen LogP contribution in [0.4, 0.5) is 0 Å². The molecule has 0 radical (unpaired) electrons. The molecule has 0 amide bonds. The maximum absolute atomic E-state index is 13.8. The summed E-state index contributed by atoms with van der Waals surface area (Å²) in [5.41, 5.74) is -2.25. The van der Waals surface area contributed by atoms with Gasteiger partial charge in [0, 0.05) is 19.8 Å². The highest BCUT2D eigenvalue weighted by molar-refractivity contribution is 5.80. The average Bonchev–Trinajstić information content (AvgIpc) is 2.96. The Morgan fingerprint density at radius 1 is 0.800 bits per heavy atom. The average molecular weight is 631 g/mol. The summed E-state index contributed by atoms with van der Waals surface area (Å²) < 4.78 is 22.6. The van der Waals surface area contributed by atoms with E-state index in [4.69, 9.17) is 18.9 Å². The van der Waals surface area contributed by atoms with Gasteiger partial charge in [-0.15, -0.1) is 0 Å². The van der Waals surface area contributed by atoms with E-state index < -0.39 is 52.5 Å². The van der Waals surface area contributed by atoms with Gasteiger partial charge in [-0.05, 0) is 91.8 Å². The first kappa shape index (κ1) is 33.9. The van der Waals surface area contributed by atoms with Crippen LogP contribution in [0.3, 0.4) is 0 Å². The largest absolute Gasteiger partial charge is 0.469 e. The number of allylic oxidation sites excluding steroid dienone is 1. The van der Waals surface area contributed by atoms with E-state index in [1.807, 2.05) is 6.92 Å². The summed E-state index contributed by atoms with van der Waals surface area (Å²) in [4.78, 5) is 52.1. The monoisotopic (exact) mass is 630 g/mol. The summed E-state index contributed by atoms with van der Waals surface area (Å²) in [6.45, 7) is 15.5. The van der Waals surface area contributed by atoms with Crippen LogP contribution in [0.25, 0.3) is 0 Å². The molecule has 0 bridgehead atoms. The van der Waals surface area contributed by atoms with Gasteiger partial charge in [-0.25, -0.2) is 0 Å². The molecule has 11 atom stereocenters. The zero-order valence-electron chi connectivity index (χ0n) is 28.9. The normalized spacial score (nSPS) is 46.5. The van der Waals surface area contributed by atoms with Gasteiger partial charge in [-0.2, -0.15) is 0 Å². The van der Waals surface area contributed by atoms with Crippen molar-refractivity contribution in [3.05, 3.63) is 11.6 Å². The number of ether oxygens (including phenoxy) is 4. The molecule has 0 aromatic carbocycles. The molecular weight excluding hydrogens is 576 g/mol. The molecule has 4 saturated carbocycles. The fourth-order valence-electron chi connectivity index (χ4n) is 11.7. The van der Waals surface area contributed by atoms with Crippen LogP contribution in [-0.2, 0) is 38.1 Å². The van der Waals surface area contributed by atoms with Crippen molar-refractivity contribution in [3.63, 3.8) is 0 Å². The van der Waals surface area contributed by atoms with Gasteiger partial charge in [0.25, 0.3) is 0 Å². The molecule has 9 nitrogen and oxygen atoms in total. The minimum absolute atomic E-state index is 0.0807. The second-order valence-electron chi connectivity index (χ2n) is 16.5. The minimum Gasteiger partial charge on any atom is -0.469 e. The summed E-state index contributed by atoms with van der Waals surface area (Å²) in [5.74, 6) is -2.21. The maximum atomic E-state index is 13.8. The first-order valence-electron chi connectivity index (χ1n) is 16.7.